The highest BCUT2D eigenvalue weighted by atomic mass is 16.2. The monoisotopic (exact) mass is 219 g/mol. The highest BCUT2D eigenvalue weighted by Crippen LogP contribution is 2.14. The fourth-order valence-corrected chi connectivity index (χ4v) is 1.63. The molecule has 84 valence electrons. The number of aromatic nitrogens is 2. The van der Waals surface area contributed by atoms with Crippen LogP contribution in [0.1, 0.15) is 25.3 Å². The van der Waals surface area contributed by atoms with Crippen molar-refractivity contribution in [3.8, 4) is 0 Å². The zero-order valence-electron chi connectivity index (χ0n) is 9.06. The molecule has 1 saturated heterocycles. The second-order valence-corrected chi connectivity index (χ2v) is 3.76. The molecule has 0 atom stereocenters. The van der Waals surface area contributed by atoms with Gasteiger partial charge in [0.25, 0.3) is 5.91 Å². The van der Waals surface area contributed by atoms with E-state index in [1.165, 1.54) is 0 Å². The van der Waals surface area contributed by atoms with Gasteiger partial charge in [0, 0.05) is 23.9 Å². The molecule has 0 spiro atoms. The first-order valence-electron chi connectivity index (χ1n) is 5.26. The third-order valence-corrected chi connectivity index (χ3v) is 2.34. The summed E-state index contributed by atoms with van der Waals surface area (Å²) >= 11 is 0. The van der Waals surface area contributed by atoms with E-state index in [4.69, 9.17) is 0 Å². The lowest BCUT2D eigenvalue weighted by Crippen LogP contribution is -2.19. The van der Waals surface area contributed by atoms with Gasteiger partial charge >= 0.3 is 0 Å². The molecule has 1 N–H and O–H groups in total. The Morgan fingerprint density at radius 1 is 1.56 bits per heavy atom. The molecular formula is C11H13N3O2. The Kier molecular flexibility index (Phi) is 2.85. The number of hydrogen-bond acceptors (Lipinski definition) is 3. The normalized spacial score (nSPS) is 18.2. The molecule has 1 aromatic heterocycles. The molecule has 5 nitrogen and oxygen atoms in total. The molecule has 0 radical (unpaired) electrons. The molecule has 0 aliphatic carbocycles. The lowest BCUT2D eigenvalue weighted by molar-refractivity contribution is -0.124. The first kappa shape index (κ1) is 10.6. The van der Waals surface area contributed by atoms with E-state index >= 15 is 0 Å². The zero-order chi connectivity index (χ0) is 11.5. The number of nitrogens with one attached hydrogen (secondary N) is 1. The van der Waals surface area contributed by atoms with E-state index in [0.29, 0.717) is 5.57 Å². The third kappa shape index (κ3) is 2.18. The first-order chi connectivity index (χ1) is 7.69. The van der Waals surface area contributed by atoms with Gasteiger partial charge < -0.3 is 0 Å². The predicted octanol–water partition coefficient (Wildman–Crippen LogP) is 0.723. The molecule has 0 bridgehead atoms. The fraction of sp³-hybridized carbons (Fsp3) is 0.364. The number of carbonyl (C=O) groups excluding carboxylic acids is 2. The van der Waals surface area contributed by atoms with Crippen LogP contribution in [0.25, 0.3) is 6.08 Å². The number of aryl methyl sites for hydroxylation is 1. The van der Waals surface area contributed by atoms with E-state index in [0.717, 1.165) is 18.5 Å². The van der Waals surface area contributed by atoms with Crippen LogP contribution in [0, 0.1) is 0 Å². The van der Waals surface area contributed by atoms with Crippen LogP contribution < -0.4 is 5.32 Å². The minimum Gasteiger partial charge on any atom is -0.292 e. The van der Waals surface area contributed by atoms with Crippen LogP contribution in [0.5, 0.6) is 0 Å². The van der Waals surface area contributed by atoms with Gasteiger partial charge in [0.05, 0.1) is 12.6 Å². The van der Waals surface area contributed by atoms with Crippen molar-refractivity contribution < 1.29 is 9.59 Å². The minimum atomic E-state index is -0.298. The molecule has 0 saturated carbocycles. The van der Waals surface area contributed by atoms with Gasteiger partial charge in [-0.25, -0.2) is 0 Å². The Labute approximate surface area is 93.1 Å². The number of imide groups is 1. The quantitative estimate of drug-likeness (QED) is 0.602. The molecule has 16 heavy (non-hydrogen) atoms. The maximum atomic E-state index is 11.3. The lowest BCUT2D eigenvalue weighted by atomic mass is 10.1. The second kappa shape index (κ2) is 4.30. The second-order valence-electron chi connectivity index (χ2n) is 3.76. The highest BCUT2D eigenvalue weighted by molar-refractivity contribution is 6.15. The molecule has 1 fully saturated rings. The summed E-state index contributed by atoms with van der Waals surface area (Å²) in [6.07, 6.45) is 6.44. The van der Waals surface area contributed by atoms with Gasteiger partial charge in [0.1, 0.15) is 0 Å². The minimum absolute atomic E-state index is 0.164. The molecule has 2 amide bonds. The molecule has 1 aliphatic heterocycles. The largest absolute Gasteiger partial charge is 0.292 e. The summed E-state index contributed by atoms with van der Waals surface area (Å²) < 4.78 is 1.82. The van der Waals surface area contributed by atoms with E-state index in [2.05, 4.69) is 17.3 Å². The van der Waals surface area contributed by atoms with Crippen LogP contribution in [0.3, 0.4) is 0 Å². The maximum absolute atomic E-state index is 11.3. The SMILES string of the molecule is CCCn1cc(/C=C2/CC(=O)NC2=O)cn1. The van der Waals surface area contributed by atoms with Gasteiger partial charge in [-0.1, -0.05) is 6.92 Å². The Hall–Kier alpha value is -1.91. The van der Waals surface area contributed by atoms with Crippen molar-refractivity contribution in [3.05, 3.63) is 23.5 Å². The summed E-state index contributed by atoms with van der Waals surface area (Å²) in [7, 11) is 0. The topological polar surface area (TPSA) is 64.0 Å². The van der Waals surface area contributed by atoms with E-state index in [-0.39, 0.29) is 18.2 Å². The Bertz CT molecular complexity index is 460. The van der Waals surface area contributed by atoms with Crippen molar-refractivity contribution in [1.82, 2.24) is 15.1 Å². The number of rotatable bonds is 3. The number of amides is 2. The van der Waals surface area contributed by atoms with E-state index in [9.17, 15) is 9.59 Å². The Morgan fingerprint density at radius 2 is 2.38 bits per heavy atom. The smallest absolute Gasteiger partial charge is 0.254 e. The molecule has 5 heteroatoms. The zero-order valence-corrected chi connectivity index (χ0v) is 9.06. The number of hydrogen-bond donors (Lipinski definition) is 1. The first-order valence-corrected chi connectivity index (χ1v) is 5.26. The Morgan fingerprint density at radius 3 is 3.00 bits per heavy atom. The van der Waals surface area contributed by atoms with E-state index < -0.39 is 0 Å². The number of carbonyl (C=O) groups is 2. The average Bonchev–Trinajstić information content (AvgIpc) is 2.76. The van der Waals surface area contributed by atoms with Crippen molar-refractivity contribution in [3.63, 3.8) is 0 Å². The van der Waals surface area contributed by atoms with Crippen molar-refractivity contribution in [2.75, 3.05) is 0 Å². The third-order valence-electron chi connectivity index (χ3n) is 2.34. The van der Waals surface area contributed by atoms with Crippen molar-refractivity contribution in [1.29, 1.82) is 0 Å². The molecule has 2 rings (SSSR count). The van der Waals surface area contributed by atoms with E-state index in [1.807, 2.05) is 10.9 Å². The Balaban J connectivity index is 2.16. The summed E-state index contributed by atoms with van der Waals surface area (Å²) in [6.45, 7) is 2.93. The lowest BCUT2D eigenvalue weighted by Gasteiger charge is -1.94. The summed E-state index contributed by atoms with van der Waals surface area (Å²) in [5, 5.41) is 6.39. The maximum Gasteiger partial charge on any atom is 0.254 e. The van der Waals surface area contributed by atoms with Crippen LogP contribution in [0.2, 0.25) is 0 Å². The summed E-state index contributed by atoms with van der Waals surface area (Å²) in [6, 6.07) is 0. The van der Waals surface area contributed by atoms with Crippen molar-refractivity contribution in [2.45, 2.75) is 26.3 Å². The molecular weight excluding hydrogens is 206 g/mol. The average molecular weight is 219 g/mol. The van der Waals surface area contributed by atoms with Crippen LogP contribution in [0.4, 0.5) is 0 Å². The summed E-state index contributed by atoms with van der Waals surface area (Å²) in [5.41, 5.74) is 1.36. The van der Waals surface area contributed by atoms with Gasteiger partial charge in [-0.15, -0.1) is 0 Å². The van der Waals surface area contributed by atoms with Crippen LogP contribution in [-0.2, 0) is 16.1 Å². The van der Waals surface area contributed by atoms with Crippen molar-refractivity contribution in [2.24, 2.45) is 0 Å². The summed E-state index contributed by atoms with van der Waals surface area (Å²) in [5.74, 6) is -0.537. The van der Waals surface area contributed by atoms with E-state index in [1.54, 1.807) is 12.3 Å². The van der Waals surface area contributed by atoms with Gasteiger partial charge in [-0.2, -0.15) is 5.10 Å². The molecule has 1 aliphatic rings. The van der Waals surface area contributed by atoms with Crippen LogP contribution >= 0.6 is 0 Å². The van der Waals surface area contributed by atoms with Gasteiger partial charge in [0.15, 0.2) is 0 Å². The highest BCUT2D eigenvalue weighted by Gasteiger charge is 2.23. The van der Waals surface area contributed by atoms with Crippen LogP contribution in [0.15, 0.2) is 18.0 Å². The molecule has 2 heterocycles. The standard InChI is InChI=1S/C11H13N3O2/c1-2-3-14-7-8(6-12-14)4-9-5-10(15)13-11(9)16/h4,6-7H,2-3,5H2,1H3,(H,13,15,16)/b9-4-. The molecule has 0 aromatic carbocycles. The fourth-order valence-electron chi connectivity index (χ4n) is 1.63. The predicted molar refractivity (Wildman–Crippen MR) is 58.3 cm³/mol. The number of nitrogens with zero attached hydrogens (tertiary/aromatic N) is 2. The summed E-state index contributed by atoms with van der Waals surface area (Å²) in [4.78, 5) is 22.3. The molecule has 0 unspecified atom stereocenters. The van der Waals surface area contributed by atoms with Crippen molar-refractivity contribution >= 4 is 17.9 Å². The van der Waals surface area contributed by atoms with Gasteiger partial charge in [-0.3, -0.25) is 19.6 Å². The van der Waals surface area contributed by atoms with Gasteiger partial charge in [-0.05, 0) is 12.5 Å². The van der Waals surface area contributed by atoms with Gasteiger partial charge in [0.2, 0.25) is 5.91 Å². The molecule has 1 aromatic rings. The van der Waals surface area contributed by atoms with Crippen LogP contribution in [-0.4, -0.2) is 21.6 Å².